The average Bonchev–Trinajstić information content (AvgIpc) is 3.12. The highest BCUT2D eigenvalue weighted by Gasteiger charge is 2.31. The number of nitrogens with zero attached hydrogens (tertiary/aromatic N) is 1. The molecule has 0 bridgehead atoms. The van der Waals surface area contributed by atoms with Crippen LogP contribution in [0.15, 0.2) is 42.5 Å². The van der Waals surface area contributed by atoms with E-state index >= 15 is 0 Å². The maximum atomic E-state index is 12.8. The molecule has 26 heavy (non-hydrogen) atoms. The third kappa shape index (κ3) is 4.22. The number of carbonyl (C=O) groups is 1. The summed E-state index contributed by atoms with van der Waals surface area (Å²) in [7, 11) is 3.28. The van der Waals surface area contributed by atoms with Crippen molar-refractivity contribution in [2.45, 2.75) is 25.3 Å². The molecule has 6 heteroatoms. The van der Waals surface area contributed by atoms with Crippen molar-refractivity contribution in [1.82, 2.24) is 4.90 Å². The molecule has 5 nitrogen and oxygen atoms in total. The minimum atomic E-state index is 0. The van der Waals surface area contributed by atoms with Crippen LogP contribution in [0.1, 0.15) is 30.0 Å². The van der Waals surface area contributed by atoms with E-state index in [9.17, 15) is 4.79 Å². The first kappa shape index (κ1) is 19.9. The lowest BCUT2D eigenvalue weighted by Gasteiger charge is -2.26. The Labute approximate surface area is 160 Å². The molecule has 140 valence electrons. The van der Waals surface area contributed by atoms with Gasteiger partial charge in [0.05, 0.1) is 26.7 Å². The maximum absolute atomic E-state index is 12.8. The van der Waals surface area contributed by atoms with Crippen LogP contribution in [0.2, 0.25) is 0 Å². The van der Waals surface area contributed by atoms with Crippen molar-refractivity contribution in [3.05, 3.63) is 53.6 Å². The Kier molecular flexibility index (Phi) is 6.75. The molecule has 3 rings (SSSR count). The van der Waals surface area contributed by atoms with E-state index < -0.39 is 0 Å². The molecule has 1 fully saturated rings. The predicted octanol–water partition coefficient (Wildman–Crippen LogP) is 3.61. The Hall–Kier alpha value is -2.40. The minimum Gasteiger partial charge on any atom is -0.497 e. The van der Waals surface area contributed by atoms with Crippen LogP contribution in [-0.2, 0) is 11.2 Å². The van der Waals surface area contributed by atoms with Crippen molar-refractivity contribution in [2.24, 2.45) is 0 Å². The van der Waals surface area contributed by atoms with Gasteiger partial charge in [0.1, 0.15) is 11.5 Å². The maximum Gasteiger partial charge on any atom is 0.227 e. The summed E-state index contributed by atoms with van der Waals surface area (Å²) in [6, 6.07) is 13.3. The van der Waals surface area contributed by atoms with Gasteiger partial charge in [-0.05, 0) is 42.7 Å². The molecule has 0 aliphatic carbocycles. The summed E-state index contributed by atoms with van der Waals surface area (Å²) in [6.45, 7) is 0.771. The smallest absolute Gasteiger partial charge is 0.227 e. The number of hydrogen-bond acceptors (Lipinski definition) is 4. The summed E-state index contributed by atoms with van der Waals surface area (Å²) < 4.78 is 10.8. The molecule has 0 radical (unpaired) electrons. The van der Waals surface area contributed by atoms with Gasteiger partial charge in [-0.3, -0.25) is 4.79 Å². The fourth-order valence-electron chi connectivity index (χ4n) is 3.39. The highest BCUT2D eigenvalue weighted by Crippen LogP contribution is 2.38. The summed E-state index contributed by atoms with van der Waals surface area (Å²) in [5, 5.41) is 0. The van der Waals surface area contributed by atoms with E-state index in [1.165, 1.54) is 0 Å². The molecule has 1 heterocycles. The Balaban J connectivity index is 0.00000243. The van der Waals surface area contributed by atoms with Crippen LogP contribution in [0.4, 0.5) is 5.69 Å². The standard InChI is InChI=1S/C20H24N2O3.ClH/c1-24-16-9-10-17(19(13-16)25-2)18-4-3-11-22(18)20(23)12-14-5-7-15(21)8-6-14;/h5-10,13,18H,3-4,11-12,21H2,1-2H3;1H. The fraction of sp³-hybridized carbons (Fsp3) is 0.350. The number of nitrogens with two attached hydrogens (primary N) is 1. The van der Waals surface area contributed by atoms with Gasteiger partial charge in [-0.25, -0.2) is 0 Å². The molecule has 0 saturated carbocycles. The van der Waals surface area contributed by atoms with Crippen LogP contribution in [0.5, 0.6) is 11.5 Å². The molecule has 1 unspecified atom stereocenters. The van der Waals surface area contributed by atoms with Gasteiger partial charge in [0, 0.05) is 23.9 Å². The van der Waals surface area contributed by atoms with Gasteiger partial charge in [0.25, 0.3) is 0 Å². The van der Waals surface area contributed by atoms with Crippen LogP contribution >= 0.6 is 12.4 Å². The summed E-state index contributed by atoms with van der Waals surface area (Å²) in [6.07, 6.45) is 2.32. The molecule has 1 aliphatic rings. The Morgan fingerprint density at radius 2 is 1.88 bits per heavy atom. The number of carbonyl (C=O) groups excluding carboxylic acids is 1. The number of likely N-dealkylation sites (tertiary alicyclic amines) is 1. The van der Waals surface area contributed by atoms with Crippen molar-refractivity contribution in [2.75, 3.05) is 26.5 Å². The molecule has 1 saturated heterocycles. The number of amides is 1. The number of anilines is 1. The van der Waals surface area contributed by atoms with Gasteiger partial charge in [0.15, 0.2) is 0 Å². The zero-order valence-corrected chi connectivity index (χ0v) is 15.9. The molecule has 0 spiro atoms. The van der Waals surface area contributed by atoms with Crippen LogP contribution in [0.3, 0.4) is 0 Å². The molecule has 0 aromatic heterocycles. The molecule has 2 aromatic rings. The monoisotopic (exact) mass is 376 g/mol. The topological polar surface area (TPSA) is 64.8 Å². The van der Waals surface area contributed by atoms with Crippen molar-refractivity contribution in [1.29, 1.82) is 0 Å². The second kappa shape index (κ2) is 8.81. The summed E-state index contributed by atoms with van der Waals surface area (Å²) in [5.74, 6) is 1.64. The first-order chi connectivity index (χ1) is 12.1. The van der Waals surface area contributed by atoms with E-state index in [4.69, 9.17) is 15.2 Å². The minimum absolute atomic E-state index is 0. The van der Waals surface area contributed by atoms with E-state index in [0.29, 0.717) is 12.1 Å². The summed E-state index contributed by atoms with van der Waals surface area (Å²) in [4.78, 5) is 14.8. The summed E-state index contributed by atoms with van der Waals surface area (Å²) >= 11 is 0. The van der Waals surface area contributed by atoms with E-state index in [2.05, 4.69) is 0 Å². The lowest BCUT2D eigenvalue weighted by molar-refractivity contribution is -0.131. The van der Waals surface area contributed by atoms with Crippen LogP contribution in [0, 0.1) is 0 Å². The van der Waals surface area contributed by atoms with E-state index in [-0.39, 0.29) is 24.4 Å². The van der Waals surface area contributed by atoms with E-state index in [1.807, 2.05) is 47.4 Å². The SMILES string of the molecule is COc1ccc(C2CCCN2C(=O)Cc2ccc(N)cc2)c(OC)c1.Cl. The quantitative estimate of drug-likeness (QED) is 0.809. The zero-order chi connectivity index (χ0) is 17.8. The molecule has 1 aliphatic heterocycles. The molecular weight excluding hydrogens is 352 g/mol. The van der Waals surface area contributed by atoms with Gasteiger partial charge in [-0.2, -0.15) is 0 Å². The number of halogens is 1. The number of ether oxygens (including phenoxy) is 2. The number of rotatable bonds is 5. The van der Waals surface area contributed by atoms with Crippen LogP contribution < -0.4 is 15.2 Å². The second-order valence-corrected chi connectivity index (χ2v) is 6.27. The fourth-order valence-corrected chi connectivity index (χ4v) is 3.39. The lowest BCUT2D eigenvalue weighted by atomic mass is 10.0. The van der Waals surface area contributed by atoms with Crippen LogP contribution in [0.25, 0.3) is 0 Å². The number of hydrogen-bond donors (Lipinski definition) is 1. The number of nitrogen functional groups attached to an aromatic ring is 1. The van der Waals surface area contributed by atoms with Crippen LogP contribution in [-0.4, -0.2) is 31.6 Å². The zero-order valence-electron chi connectivity index (χ0n) is 15.1. The second-order valence-electron chi connectivity index (χ2n) is 6.27. The van der Waals surface area contributed by atoms with Gasteiger partial charge in [0.2, 0.25) is 5.91 Å². The number of benzene rings is 2. The number of methoxy groups -OCH3 is 2. The van der Waals surface area contributed by atoms with Gasteiger partial charge < -0.3 is 20.1 Å². The molecule has 2 N–H and O–H groups in total. The van der Waals surface area contributed by atoms with Gasteiger partial charge >= 0.3 is 0 Å². The molecule has 2 aromatic carbocycles. The first-order valence-corrected chi connectivity index (χ1v) is 8.48. The van der Waals surface area contributed by atoms with Gasteiger partial charge in [-0.15, -0.1) is 12.4 Å². The Bertz CT molecular complexity index is 749. The third-order valence-corrected chi connectivity index (χ3v) is 4.71. The van der Waals surface area contributed by atoms with E-state index in [0.717, 1.165) is 42.0 Å². The summed E-state index contributed by atoms with van der Waals surface area (Å²) in [5.41, 5.74) is 8.43. The Morgan fingerprint density at radius 3 is 2.54 bits per heavy atom. The normalized spacial score (nSPS) is 16.1. The van der Waals surface area contributed by atoms with Crippen molar-refractivity contribution in [3.8, 4) is 11.5 Å². The van der Waals surface area contributed by atoms with Crippen molar-refractivity contribution < 1.29 is 14.3 Å². The first-order valence-electron chi connectivity index (χ1n) is 8.48. The van der Waals surface area contributed by atoms with E-state index in [1.54, 1.807) is 14.2 Å². The lowest BCUT2D eigenvalue weighted by Crippen LogP contribution is -2.32. The molecule has 1 amide bonds. The Morgan fingerprint density at radius 1 is 1.15 bits per heavy atom. The highest BCUT2D eigenvalue weighted by molar-refractivity contribution is 5.85. The predicted molar refractivity (Wildman–Crippen MR) is 105 cm³/mol. The molecule has 1 atom stereocenters. The van der Waals surface area contributed by atoms with Crippen molar-refractivity contribution in [3.63, 3.8) is 0 Å². The van der Waals surface area contributed by atoms with Crippen molar-refractivity contribution >= 4 is 24.0 Å². The van der Waals surface area contributed by atoms with Gasteiger partial charge in [-0.1, -0.05) is 12.1 Å². The third-order valence-electron chi connectivity index (χ3n) is 4.71. The largest absolute Gasteiger partial charge is 0.497 e. The highest BCUT2D eigenvalue weighted by atomic mass is 35.5. The molecular formula is C20H25ClN2O3. The average molecular weight is 377 g/mol.